The number of nitrogens with one attached hydrogen (secondary N) is 2. The molecule has 40 heavy (non-hydrogen) atoms. The number of nitrogens with zero attached hydrogens (tertiary/aromatic N) is 1. The Morgan fingerprint density at radius 1 is 0.950 bits per heavy atom. The van der Waals surface area contributed by atoms with Gasteiger partial charge in [0.2, 0.25) is 0 Å². The van der Waals surface area contributed by atoms with Crippen molar-refractivity contribution in [2.24, 2.45) is 5.41 Å². The lowest BCUT2D eigenvalue weighted by molar-refractivity contribution is -0.968. The number of alkyl carbamates (subject to hydrolysis) is 1. The lowest BCUT2D eigenvalue weighted by atomic mass is 9.96. The average Bonchev–Trinajstić information content (AvgIpc) is 2.94. The molecule has 1 aliphatic heterocycles. The van der Waals surface area contributed by atoms with Crippen LogP contribution in [0, 0.1) is 5.41 Å². The molecule has 3 aromatic rings. The van der Waals surface area contributed by atoms with E-state index in [0.29, 0.717) is 16.9 Å². The Morgan fingerprint density at radius 2 is 1.62 bits per heavy atom. The lowest BCUT2D eigenvalue weighted by Gasteiger charge is -2.43. The minimum absolute atomic E-state index is 0.0427. The number of benzene rings is 3. The molecule has 214 valence electrons. The Labute approximate surface area is 241 Å². The van der Waals surface area contributed by atoms with E-state index in [0.717, 1.165) is 53.6 Å². The highest BCUT2D eigenvalue weighted by molar-refractivity contribution is 7.99. The zero-order valence-corrected chi connectivity index (χ0v) is 24.6. The number of carbonyl (C=O) groups excluding carboxylic acids is 2. The summed E-state index contributed by atoms with van der Waals surface area (Å²) in [5.74, 6) is 0.409. The van der Waals surface area contributed by atoms with Gasteiger partial charge >= 0.3 is 6.09 Å². The summed E-state index contributed by atoms with van der Waals surface area (Å²) >= 11 is 1.58. The first-order valence-corrected chi connectivity index (χ1v) is 15.1. The fourth-order valence-electron chi connectivity index (χ4n) is 4.93. The van der Waals surface area contributed by atoms with Gasteiger partial charge in [-0.2, -0.15) is 0 Å². The van der Waals surface area contributed by atoms with Crippen LogP contribution >= 0.6 is 11.8 Å². The number of carbonyl (C=O) groups is 2. The normalized spacial score (nSPS) is 16.6. The van der Waals surface area contributed by atoms with Crippen LogP contribution in [-0.4, -0.2) is 59.2 Å². The van der Waals surface area contributed by atoms with Crippen LogP contribution in [0.15, 0.2) is 77.7 Å². The van der Waals surface area contributed by atoms with E-state index in [2.05, 4.69) is 41.1 Å². The molecule has 2 amide bonds. The number of fused-ring (bicyclic) bond motifs is 1. The molecular formula is C32H42N3O4S+. The highest BCUT2D eigenvalue weighted by Gasteiger charge is 2.40. The van der Waals surface area contributed by atoms with Crippen LogP contribution in [0.25, 0.3) is 10.8 Å². The van der Waals surface area contributed by atoms with Gasteiger partial charge in [-0.1, -0.05) is 81.4 Å². The van der Waals surface area contributed by atoms with E-state index < -0.39 is 23.7 Å². The van der Waals surface area contributed by atoms with Crippen molar-refractivity contribution in [3.63, 3.8) is 0 Å². The van der Waals surface area contributed by atoms with Crippen molar-refractivity contribution >= 4 is 34.5 Å². The second-order valence-corrected chi connectivity index (χ2v) is 12.8. The number of amides is 2. The van der Waals surface area contributed by atoms with Crippen LogP contribution in [0.4, 0.5) is 4.79 Å². The number of rotatable bonds is 10. The van der Waals surface area contributed by atoms with E-state index in [-0.39, 0.29) is 12.5 Å². The van der Waals surface area contributed by atoms with Crippen molar-refractivity contribution in [3.8, 4) is 0 Å². The van der Waals surface area contributed by atoms with Crippen LogP contribution in [-0.2, 0) is 16.1 Å². The Hall–Kier alpha value is -3.07. The predicted octanol–water partition coefficient (Wildman–Crippen LogP) is 5.67. The molecule has 0 aliphatic carbocycles. The van der Waals surface area contributed by atoms with E-state index in [1.807, 2.05) is 63.2 Å². The number of aliphatic hydroxyl groups excluding tert-OH is 1. The molecule has 8 heteroatoms. The predicted molar refractivity (Wildman–Crippen MR) is 161 cm³/mol. The topological polar surface area (TPSA) is 87.7 Å². The molecule has 1 heterocycles. The first-order chi connectivity index (χ1) is 19.1. The molecule has 4 rings (SSSR count). The molecule has 3 N–H and O–H groups in total. The molecule has 0 saturated carbocycles. The van der Waals surface area contributed by atoms with Crippen molar-refractivity contribution in [2.75, 3.05) is 25.4 Å². The molecule has 1 aliphatic rings. The van der Waals surface area contributed by atoms with Gasteiger partial charge in [0.1, 0.15) is 32.3 Å². The monoisotopic (exact) mass is 564 g/mol. The van der Waals surface area contributed by atoms with Crippen LogP contribution in [0.1, 0.15) is 45.6 Å². The minimum atomic E-state index is -0.893. The Balaban J connectivity index is 1.48. The van der Waals surface area contributed by atoms with Gasteiger partial charge in [0.25, 0.3) is 5.91 Å². The molecule has 0 spiro atoms. The molecule has 0 unspecified atom stereocenters. The Morgan fingerprint density at radius 3 is 2.33 bits per heavy atom. The molecule has 2 atom stereocenters. The number of hydrogen-bond donors (Lipinski definition) is 3. The van der Waals surface area contributed by atoms with Crippen LogP contribution < -0.4 is 10.7 Å². The van der Waals surface area contributed by atoms with E-state index >= 15 is 0 Å². The van der Waals surface area contributed by atoms with Gasteiger partial charge in [0.05, 0.1) is 6.04 Å². The molecule has 1 fully saturated rings. The number of piperidine rings is 1. The zero-order chi connectivity index (χ0) is 28.6. The molecule has 0 aromatic heterocycles. The Bertz CT molecular complexity index is 1270. The van der Waals surface area contributed by atoms with Gasteiger partial charge in [0.15, 0.2) is 0 Å². The summed E-state index contributed by atoms with van der Waals surface area (Å²) in [5, 5.41) is 16.8. The third-order valence-corrected chi connectivity index (χ3v) is 8.47. The van der Waals surface area contributed by atoms with Crippen LogP contribution in [0.5, 0.6) is 0 Å². The molecule has 0 bridgehead atoms. The zero-order valence-electron chi connectivity index (χ0n) is 23.8. The Kier molecular flexibility index (Phi) is 10.1. The van der Waals surface area contributed by atoms with Gasteiger partial charge < -0.3 is 15.2 Å². The summed E-state index contributed by atoms with van der Waals surface area (Å²) in [5.41, 5.74) is 3.59. The second-order valence-electron chi connectivity index (χ2n) is 11.7. The summed E-state index contributed by atoms with van der Waals surface area (Å²) in [7, 11) is 0. The van der Waals surface area contributed by atoms with E-state index in [1.165, 1.54) is 0 Å². The maximum atomic E-state index is 13.0. The number of quaternary nitrogens is 1. The smallest absolute Gasteiger partial charge is 0.407 e. The average molecular weight is 565 g/mol. The SMILES string of the molecule is CC(C)(C)C(=O)N[N+]1(C[C@@H](O)[C@@H](CSc2ccc3ccccc3c2)NC(=O)OCc2ccccc2)CCCCC1. The summed E-state index contributed by atoms with van der Waals surface area (Å²) in [6.07, 6.45) is 1.58. The van der Waals surface area contributed by atoms with Crippen molar-refractivity contribution in [1.82, 2.24) is 10.7 Å². The minimum Gasteiger partial charge on any atom is -0.445 e. The second kappa shape index (κ2) is 13.5. The third-order valence-electron chi connectivity index (χ3n) is 7.36. The summed E-state index contributed by atoms with van der Waals surface area (Å²) in [4.78, 5) is 26.9. The van der Waals surface area contributed by atoms with Crippen molar-refractivity contribution in [3.05, 3.63) is 78.4 Å². The fraction of sp³-hybridized carbons (Fsp3) is 0.438. The van der Waals surface area contributed by atoms with E-state index in [4.69, 9.17) is 4.74 Å². The maximum Gasteiger partial charge on any atom is 0.407 e. The molecular weight excluding hydrogens is 522 g/mol. The van der Waals surface area contributed by atoms with Gasteiger partial charge in [-0.3, -0.25) is 4.79 Å². The first-order valence-electron chi connectivity index (χ1n) is 14.1. The molecule has 0 radical (unpaired) electrons. The van der Waals surface area contributed by atoms with Crippen molar-refractivity contribution in [2.45, 2.75) is 63.7 Å². The number of hydrogen-bond acceptors (Lipinski definition) is 5. The van der Waals surface area contributed by atoms with Gasteiger partial charge in [-0.15, -0.1) is 11.8 Å². The third kappa shape index (κ3) is 8.46. The summed E-state index contributed by atoms with van der Waals surface area (Å²) in [6.45, 7) is 7.65. The van der Waals surface area contributed by atoms with Gasteiger partial charge in [-0.05, 0) is 47.7 Å². The first kappa shape index (κ1) is 29.9. The number of ether oxygens (including phenoxy) is 1. The van der Waals surface area contributed by atoms with Crippen LogP contribution in [0.3, 0.4) is 0 Å². The standard InChI is InChI=1S/C32H41N3O4S/c1-32(2,3)30(37)34-35(18-10-5-11-19-35)21-29(36)28(33-31(38)39-22-24-12-6-4-7-13-24)23-40-27-17-16-25-14-8-9-15-26(25)20-27/h4,6-9,12-17,20,28-29,36H,5,10-11,18-19,21-23H2,1-3H3,(H-,33,34,37,38)/p+1/t28-,29-/m1/s1. The fourth-order valence-corrected chi connectivity index (χ4v) is 5.99. The van der Waals surface area contributed by atoms with Crippen molar-refractivity contribution in [1.29, 1.82) is 0 Å². The quantitative estimate of drug-likeness (QED) is 0.218. The summed E-state index contributed by atoms with van der Waals surface area (Å²) < 4.78 is 5.81. The van der Waals surface area contributed by atoms with Crippen LogP contribution in [0.2, 0.25) is 0 Å². The maximum absolute atomic E-state index is 13.0. The highest BCUT2D eigenvalue weighted by atomic mass is 32.2. The molecule has 7 nitrogen and oxygen atoms in total. The van der Waals surface area contributed by atoms with Gasteiger partial charge in [0, 0.05) is 16.1 Å². The number of thioether (sulfide) groups is 1. The molecule has 1 saturated heterocycles. The highest BCUT2D eigenvalue weighted by Crippen LogP contribution is 2.26. The largest absolute Gasteiger partial charge is 0.445 e. The van der Waals surface area contributed by atoms with E-state index in [1.54, 1.807) is 11.8 Å². The lowest BCUT2D eigenvalue weighted by Crippen LogP contribution is -2.68. The summed E-state index contributed by atoms with van der Waals surface area (Å²) in [6, 6.07) is 23.4. The van der Waals surface area contributed by atoms with Crippen molar-refractivity contribution < 1.29 is 24.0 Å². The number of aliphatic hydroxyl groups is 1. The molecule has 3 aromatic carbocycles. The van der Waals surface area contributed by atoms with Gasteiger partial charge in [-0.25, -0.2) is 14.8 Å². The van der Waals surface area contributed by atoms with E-state index in [9.17, 15) is 14.7 Å². The number of likely N-dealkylation sites (tertiary alicyclic amines) is 1.